The van der Waals surface area contributed by atoms with Gasteiger partial charge in [0.05, 0.1) is 16.4 Å². The molecule has 0 fully saturated rings. The van der Waals surface area contributed by atoms with Gasteiger partial charge in [-0.2, -0.15) is 5.10 Å². The summed E-state index contributed by atoms with van der Waals surface area (Å²) in [4.78, 5) is 12.1. The molecule has 0 saturated heterocycles. The lowest BCUT2D eigenvalue weighted by Gasteiger charge is -2.13. The molecule has 0 spiro atoms. The van der Waals surface area contributed by atoms with E-state index in [0.29, 0.717) is 22.2 Å². The topological polar surface area (TPSA) is 34.9 Å². The lowest BCUT2D eigenvalue weighted by Crippen LogP contribution is -2.04. The van der Waals surface area contributed by atoms with E-state index in [1.54, 1.807) is 35.0 Å². The molecule has 2 aromatic carbocycles. The van der Waals surface area contributed by atoms with Crippen LogP contribution in [-0.4, -0.2) is 15.0 Å². The molecule has 0 unspecified atom stereocenters. The summed E-state index contributed by atoms with van der Waals surface area (Å²) in [5.74, 6) is -0.290. The van der Waals surface area contributed by atoms with E-state index >= 15 is 0 Å². The predicted octanol–water partition coefficient (Wildman–Crippen LogP) is 6.96. The van der Waals surface area contributed by atoms with E-state index in [-0.39, 0.29) is 11.5 Å². The molecule has 3 aromatic rings. The number of nitrogens with zero attached hydrogens (tertiary/aromatic N) is 2. The highest BCUT2D eigenvalue weighted by Crippen LogP contribution is 2.37. The highest BCUT2D eigenvalue weighted by molar-refractivity contribution is 6.67. The third-order valence-electron chi connectivity index (χ3n) is 4.95. The zero-order chi connectivity index (χ0) is 20.5. The van der Waals surface area contributed by atoms with E-state index in [1.165, 1.54) is 12.1 Å². The SMILES string of the molecule is O=C(Cl)c1nn(-c2ccc(Cl)cc2Cl)c2c1CCCCC2=Cc1ccc(F)cc1. The van der Waals surface area contributed by atoms with Crippen molar-refractivity contribution >= 4 is 51.7 Å². The van der Waals surface area contributed by atoms with Crippen LogP contribution in [0.3, 0.4) is 0 Å². The van der Waals surface area contributed by atoms with E-state index in [9.17, 15) is 9.18 Å². The molecule has 3 nitrogen and oxygen atoms in total. The summed E-state index contributed by atoms with van der Waals surface area (Å²) >= 11 is 18.3. The third kappa shape index (κ3) is 4.11. The van der Waals surface area contributed by atoms with Crippen molar-refractivity contribution in [2.75, 3.05) is 0 Å². The van der Waals surface area contributed by atoms with Crippen molar-refractivity contribution < 1.29 is 9.18 Å². The number of fused-ring (bicyclic) bond motifs is 1. The Morgan fingerprint density at radius 1 is 1.07 bits per heavy atom. The van der Waals surface area contributed by atoms with E-state index < -0.39 is 5.24 Å². The number of halogens is 4. The summed E-state index contributed by atoms with van der Waals surface area (Å²) in [6.45, 7) is 0. The summed E-state index contributed by atoms with van der Waals surface area (Å²) in [6, 6.07) is 11.4. The maximum Gasteiger partial charge on any atom is 0.273 e. The van der Waals surface area contributed by atoms with Crippen molar-refractivity contribution in [3.05, 3.63) is 80.8 Å². The van der Waals surface area contributed by atoms with Gasteiger partial charge in [-0.15, -0.1) is 0 Å². The molecule has 29 heavy (non-hydrogen) atoms. The van der Waals surface area contributed by atoms with Crippen LogP contribution in [0.25, 0.3) is 17.3 Å². The summed E-state index contributed by atoms with van der Waals surface area (Å²) in [7, 11) is 0. The average molecular weight is 450 g/mol. The second kappa shape index (κ2) is 8.31. The normalized spacial score (nSPS) is 15.2. The Balaban J connectivity index is 1.96. The van der Waals surface area contributed by atoms with Gasteiger partial charge in [0.2, 0.25) is 0 Å². The highest BCUT2D eigenvalue weighted by atomic mass is 35.5. The largest absolute Gasteiger partial charge is 0.274 e. The van der Waals surface area contributed by atoms with Gasteiger partial charge < -0.3 is 0 Å². The first-order valence-electron chi connectivity index (χ1n) is 9.17. The van der Waals surface area contributed by atoms with Crippen LogP contribution in [-0.2, 0) is 6.42 Å². The van der Waals surface area contributed by atoms with Crippen molar-refractivity contribution in [1.29, 1.82) is 0 Å². The van der Waals surface area contributed by atoms with E-state index in [1.807, 2.05) is 6.08 Å². The molecule has 0 bridgehead atoms. The van der Waals surface area contributed by atoms with Gasteiger partial charge >= 0.3 is 0 Å². The first kappa shape index (κ1) is 20.1. The van der Waals surface area contributed by atoms with Crippen molar-refractivity contribution in [3.8, 4) is 5.69 Å². The summed E-state index contributed by atoms with van der Waals surface area (Å²) in [5, 5.41) is 4.83. The first-order valence-corrected chi connectivity index (χ1v) is 10.3. The highest BCUT2D eigenvalue weighted by Gasteiger charge is 2.27. The molecule has 148 valence electrons. The molecule has 1 heterocycles. The van der Waals surface area contributed by atoms with Crippen LogP contribution in [0.5, 0.6) is 0 Å². The third-order valence-corrected chi connectivity index (χ3v) is 5.66. The quantitative estimate of drug-likeness (QED) is 0.320. The Morgan fingerprint density at radius 3 is 2.48 bits per heavy atom. The average Bonchev–Trinajstić information content (AvgIpc) is 2.93. The van der Waals surface area contributed by atoms with Gasteiger partial charge in [0.15, 0.2) is 0 Å². The van der Waals surface area contributed by atoms with Crippen LogP contribution in [0, 0.1) is 5.82 Å². The van der Waals surface area contributed by atoms with Gasteiger partial charge in [0, 0.05) is 10.6 Å². The summed E-state index contributed by atoms with van der Waals surface area (Å²) in [6.07, 6.45) is 5.33. The number of carbonyl (C=O) groups is 1. The Hall–Kier alpha value is -2.14. The second-order valence-electron chi connectivity index (χ2n) is 6.89. The van der Waals surface area contributed by atoms with E-state index in [4.69, 9.17) is 34.8 Å². The fraction of sp³-hybridized carbons (Fsp3) is 0.182. The lowest BCUT2D eigenvalue weighted by molar-refractivity contribution is 0.107. The van der Waals surface area contributed by atoms with Gasteiger partial charge in [-0.3, -0.25) is 4.79 Å². The van der Waals surface area contributed by atoms with Crippen LogP contribution < -0.4 is 0 Å². The molecule has 0 saturated carbocycles. The zero-order valence-electron chi connectivity index (χ0n) is 15.3. The minimum atomic E-state index is -0.604. The molecule has 4 rings (SSSR count). The number of rotatable bonds is 3. The Kier molecular flexibility index (Phi) is 5.77. The van der Waals surface area contributed by atoms with Gasteiger partial charge in [-0.25, -0.2) is 9.07 Å². The monoisotopic (exact) mass is 448 g/mol. The predicted molar refractivity (Wildman–Crippen MR) is 116 cm³/mol. The number of carbonyl (C=O) groups excluding carboxylic acids is 1. The van der Waals surface area contributed by atoms with Crippen molar-refractivity contribution in [2.24, 2.45) is 0 Å². The summed E-state index contributed by atoms with van der Waals surface area (Å²) < 4.78 is 15.0. The van der Waals surface area contributed by atoms with Crippen LogP contribution in [0.15, 0.2) is 42.5 Å². The van der Waals surface area contributed by atoms with Gasteiger partial charge in [-0.1, -0.05) is 35.3 Å². The number of hydrogen-bond acceptors (Lipinski definition) is 2. The van der Waals surface area contributed by atoms with E-state index in [0.717, 1.165) is 41.7 Å². The number of hydrogen-bond donors (Lipinski definition) is 0. The van der Waals surface area contributed by atoms with Crippen molar-refractivity contribution in [3.63, 3.8) is 0 Å². The first-order chi connectivity index (χ1) is 13.9. The fourth-order valence-corrected chi connectivity index (χ4v) is 4.28. The van der Waals surface area contributed by atoms with Crippen molar-refractivity contribution in [1.82, 2.24) is 9.78 Å². The molecule has 0 amide bonds. The maximum atomic E-state index is 13.3. The minimum absolute atomic E-state index is 0.236. The molecule has 0 radical (unpaired) electrons. The van der Waals surface area contributed by atoms with Gasteiger partial charge in [-0.05, 0) is 84.8 Å². The van der Waals surface area contributed by atoms with Crippen LogP contribution in [0.2, 0.25) is 10.0 Å². The number of aromatic nitrogens is 2. The maximum absolute atomic E-state index is 13.3. The molecular formula is C22H16Cl3FN2O. The van der Waals surface area contributed by atoms with Crippen LogP contribution in [0.1, 0.15) is 46.6 Å². The van der Waals surface area contributed by atoms with Gasteiger partial charge in [0.25, 0.3) is 5.24 Å². The minimum Gasteiger partial charge on any atom is -0.274 e. The summed E-state index contributed by atoms with van der Waals surface area (Å²) in [5.41, 5.74) is 4.32. The molecule has 0 N–H and O–H groups in total. The van der Waals surface area contributed by atoms with Crippen molar-refractivity contribution in [2.45, 2.75) is 25.7 Å². The number of benzene rings is 2. The standard InChI is InChI=1S/C22H16Cl3FN2O/c23-15-7-10-19(18(24)12-15)28-21-14(11-13-5-8-16(26)9-6-13)3-1-2-4-17(21)20(27-28)22(25)29/h5-12H,1-4H2. The Labute approximate surface area is 182 Å². The lowest BCUT2D eigenvalue weighted by atomic mass is 10.0. The molecular weight excluding hydrogens is 434 g/mol. The molecule has 1 aliphatic carbocycles. The van der Waals surface area contributed by atoms with Crippen LogP contribution >= 0.6 is 34.8 Å². The fourth-order valence-electron chi connectivity index (χ4n) is 3.64. The zero-order valence-corrected chi connectivity index (χ0v) is 17.5. The molecule has 7 heteroatoms. The second-order valence-corrected chi connectivity index (χ2v) is 8.07. The molecule has 1 aromatic heterocycles. The molecule has 0 atom stereocenters. The van der Waals surface area contributed by atoms with E-state index in [2.05, 4.69) is 5.10 Å². The number of allylic oxidation sites excluding steroid dienone is 1. The smallest absolute Gasteiger partial charge is 0.273 e. The molecule has 1 aliphatic rings. The van der Waals surface area contributed by atoms with Crippen LogP contribution in [0.4, 0.5) is 4.39 Å². The Morgan fingerprint density at radius 2 is 1.79 bits per heavy atom. The Bertz CT molecular complexity index is 1120. The molecule has 0 aliphatic heterocycles. The van der Waals surface area contributed by atoms with Gasteiger partial charge in [0.1, 0.15) is 11.5 Å².